The van der Waals surface area contributed by atoms with Gasteiger partial charge in [0.2, 0.25) is 0 Å². The molecule has 7 rings (SSSR count). The summed E-state index contributed by atoms with van der Waals surface area (Å²) in [4.78, 5) is 25.0. The van der Waals surface area contributed by atoms with Crippen LogP contribution in [0.1, 0.15) is 57.2 Å². The van der Waals surface area contributed by atoms with Gasteiger partial charge in [-0.15, -0.1) is 11.3 Å². The quantitative estimate of drug-likeness (QED) is 0.311. The molecular weight excluding hydrogens is 487 g/mol. The molecule has 37 heavy (non-hydrogen) atoms. The highest BCUT2D eigenvalue weighted by atomic mass is 32.1. The Balaban J connectivity index is 1.34. The number of benzene rings is 3. The average molecular weight is 511 g/mol. The van der Waals surface area contributed by atoms with Gasteiger partial charge in [-0.05, 0) is 65.6 Å². The molecule has 6 nitrogen and oxygen atoms in total. The van der Waals surface area contributed by atoms with E-state index in [9.17, 15) is 9.18 Å². The molecule has 2 N–H and O–H groups in total. The summed E-state index contributed by atoms with van der Waals surface area (Å²) in [5, 5.41) is 0.878. The number of pyridine rings is 1. The van der Waals surface area contributed by atoms with E-state index in [4.69, 9.17) is 10.5 Å². The van der Waals surface area contributed by atoms with E-state index in [1.165, 1.54) is 6.07 Å². The molecule has 2 aliphatic rings. The monoisotopic (exact) mass is 510 g/mol. The van der Waals surface area contributed by atoms with Crippen molar-refractivity contribution in [2.24, 2.45) is 0 Å². The van der Waals surface area contributed by atoms with Crippen LogP contribution in [0.15, 0.2) is 60.1 Å². The molecule has 2 unspecified atom stereocenters. The fraction of sp³-hybridized carbons (Fsp3) is 0.207. The minimum Gasteiger partial charge on any atom is -0.383 e. The first kappa shape index (κ1) is 22.3. The summed E-state index contributed by atoms with van der Waals surface area (Å²) in [6.45, 7) is 2.71. The van der Waals surface area contributed by atoms with Crippen molar-refractivity contribution in [3.05, 3.63) is 99.3 Å². The molecule has 0 fully saturated rings. The normalized spacial score (nSPS) is 18.8. The molecule has 8 heteroatoms. The van der Waals surface area contributed by atoms with E-state index in [1.54, 1.807) is 23.5 Å². The number of aromatic nitrogens is 2. The van der Waals surface area contributed by atoms with Gasteiger partial charge < -0.3 is 15.4 Å². The van der Waals surface area contributed by atoms with Crippen molar-refractivity contribution in [3.63, 3.8) is 0 Å². The van der Waals surface area contributed by atoms with Crippen molar-refractivity contribution in [1.29, 1.82) is 0 Å². The first-order valence-corrected chi connectivity index (χ1v) is 13.1. The fourth-order valence-corrected chi connectivity index (χ4v) is 6.39. The molecule has 2 atom stereocenters. The number of anilines is 1. The van der Waals surface area contributed by atoms with Crippen LogP contribution in [0.3, 0.4) is 0 Å². The molecule has 0 radical (unpaired) electrons. The van der Waals surface area contributed by atoms with Crippen molar-refractivity contribution < 1.29 is 13.9 Å². The summed E-state index contributed by atoms with van der Waals surface area (Å²) in [7, 11) is 0. The van der Waals surface area contributed by atoms with Gasteiger partial charge in [0, 0.05) is 29.5 Å². The van der Waals surface area contributed by atoms with Crippen LogP contribution in [-0.4, -0.2) is 20.8 Å². The number of hydrogen-bond acceptors (Lipinski definition) is 6. The maximum absolute atomic E-state index is 14.8. The second kappa shape index (κ2) is 8.33. The summed E-state index contributed by atoms with van der Waals surface area (Å²) in [6, 6.07) is 16.4. The number of fused-ring (bicyclic) bond motifs is 5. The topological polar surface area (TPSA) is 81.3 Å². The number of nitrogens with zero attached hydrogens (tertiary/aromatic N) is 3. The summed E-state index contributed by atoms with van der Waals surface area (Å²) in [6.07, 6.45) is 0.264. The van der Waals surface area contributed by atoms with Crippen molar-refractivity contribution in [2.75, 3.05) is 5.73 Å². The lowest BCUT2D eigenvalue weighted by Crippen LogP contribution is -2.39. The second-order valence-electron chi connectivity index (χ2n) is 9.68. The third kappa shape index (κ3) is 3.51. The Kier molecular flexibility index (Phi) is 5.02. The Labute approximate surface area is 216 Å². The van der Waals surface area contributed by atoms with Gasteiger partial charge in [0.1, 0.15) is 11.6 Å². The van der Waals surface area contributed by atoms with E-state index in [0.717, 1.165) is 43.4 Å². The summed E-state index contributed by atoms with van der Waals surface area (Å²) < 4.78 is 21.7. The number of rotatable bonds is 2. The van der Waals surface area contributed by atoms with Crippen LogP contribution in [0.25, 0.3) is 21.1 Å². The third-order valence-electron chi connectivity index (χ3n) is 7.63. The first-order valence-electron chi connectivity index (χ1n) is 12.2. The van der Waals surface area contributed by atoms with Gasteiger partial charge in [-0.3, -0.25) is 4.79 Å². The van der Waals surface area contributed by atoms with Crippen LogP contribution < -0.4 is 5.73 Å². The van der Waals surface area contributed by atoms with E-state index in [2.05, 4.69) is 9.97 Å². The van der Waals surface area contributed by atoms with Crippen LogP contribution in [0.4, 0.5) is 10.2 Å². The van der Waals surface area contributed by atoms with Gasteiger partial charge in [0.25, 0.3) is 5.91 Å². The molecule has 1 amide bonds. The Hall–Kier alpha value is -3.88. The van der Waals surface area contributed by atoms with E-state index < -0.39 is 0 Å². The lowest BCUT2D eigenvalue weighted by Gasteiger charge is -2.37. The molecule has 184 valence electrons. The number of carbonyl (C=O) groups is 1. The van der Waals surface area contributed by atoms with Crippen molar-refractivity contribution in [3.8, 4) is 0 Å². The van der Waals surface area contributed by atoms with Crippen molar-refractivity contribution >= 4 is 44.2 Å². The van der Waals surface area contributed by atoms with E-state index in [1.807, 2.05) is 53.7 Å². The Morgan fingerprint density at radius 1 is 1.14 bits per heavy atom. The molecule has 0 spiro atoms. The Morgan fingerprint density at radius 3 is 2.92 bits per heavy atom. The largest absolute Gasteiger partial charge is 0.383 e. The highest BCUT2D eigenvalue weighted by Crippen LogP contribution is 2.40. The van der Waals surface area contributed by atoms with Crippen molar-refractivity contribution in [2.45, 2.75) is 38.6 Å². The number of thiazole rings is 1. The third-order valence-corrected chi connectivity index (χ3v) is 8.44. The lowest BCUT2D eigenvalue weighted by molar-refractivity contribution is 0.0635. The van der Waals surface area contributed by atoms with Gasteiger partial charge in [-0.1, -0.05) is 18.2 Å². The zero-order valence-electron chi connectivity index (χ0n) is 20.1. The maximum Gasteiger partial charge on any atom is 0.254 e. The number of ether oxygens (including phenoxy) is 1. The predicted molar refractivity (Wildman–Crippen MR) is 142 cm³/mol. The van der Waals surface area contributed by atoms with E-state index in [0.29, 0.717) is 36.5 Å². The average Bonchev–Trinajstić information content (AvgIpc) is 3.54. The fourth-order valence-electron chi connectivity index (χ4n) is 5.74. The minimum absolute atomic E-state index is 0.113. The van der Waals surface area contributed by atoms with Crippen LogP contribution >= 0.6 is 11.3 Å². The number of amides is 1. The molecule has 0 saturated carbocycles. The number of nitrogens with two attached hydrogens (primary N) is 1. The molecule has 2 aliphatic heterocycles. The maximum atomic E-state index is 14.8. The SMILES string of the molecule is CC1OCc2c1c(N)nc1ccc(C(=O)N3Cc4cccc(F)c4CC3c3ccc4scnc4c3)cc21. The Bertz CT molecular complexity index is 1730. The lowest BCUT2D eigenvalue weighted by atomic mass is 9.88. The number of hydrogen-bond donors (Lipinski definition) is 1. The first-order chi connectivity index (χ1) is 18.0. The summed E-state index contributed by atoms with van der Waals surface area (Å²) in [5.74, 6) is 0.125. The minimum atomic E-state index is -0.322. The van der Waals surface area contributed by atoms with Crippen LogP contribution in [-0.2, 0) is 24.3 Å². The Morgan fingerprint density at radius 2 is 2.03 bits per heavy atom. The zero-order valence-corrected chi connectivity index (χ0v) is 20.9. The molecule has 3 aromatic carbocycles. The van der Waals surface area contributed by atoms with Crippen LogP contribution in [0.2, 0.25) is 0 Å². The van der Waals surface area contributed by atoms with Gasteiger partial charge in [0.15, 0.2) is 0 Å². The second-order valence-corrected chi connectivity index (χ2v) is 10.6. The molecular formula is C29H23FN4O2S. The highest BCUT2D eigenvalue weighted by Gasteiger charge is 2.34. The van der Waals surface area contributed by atoms with Crippen molar-refractivity contribution in [1.82, 2.24) is 14.9 Å². The number of halogens is 1. The molecule has 5 aromatic rings. The molecule has 0 bridgehead atoms. The van der Waals surface area contributed by atoms with Gasteiger partial charge in [0.05, 0.1) is 40.0 Å². The molecule has 2 aromatic heterocycles. The molecule has 0 aliphatic carbocycles. The van der Waals surface area contributed by atoms with Gasteiger partial charge >= 0.3 is 0 Å². The highest BCUT2D eigenvalue weighted by molar-refractivity contribution is 7.16. The molecule has 0 saturated heterocycles. The van der Waals surface area contributed by atoms with Gasteiger partial charge in [-0.2, -0.15) is 0 Å². The summed E-state index contributed by atoms with van der Waals surface area (Å²) >= 11 is 1.57. The van der Waals surface area contributed by atoms with E-state index in [-0.39, 0.29) is 23.9 Å². The predicted octanol–water partition coefficient (Wildman–Crippen LogP) is 6.10. The van der Waals surface area contributed by atoms with Crippen LogP contribution in [0, 0.1) is 5.82 Å². The smallest absolute Gasteiger partial charge is 0.254 e. The summed E-state index contributed by atoms with van der Waals surface area (Å²) in [5.41, 5.74) is 14.5. The molecule has 4 heterocycles. The zero-order chi connectivity index (χ0) is 25.3. The van der Waals surface area contributed by atoms with Crippen LogP contribution in [0.5, 0.6) is 0 Å². The number of carbonyl (C=O) groups excluding carboxylic acids is 1. The number of nitrogen functional groups attached to an aromatic ring is 1. The van der Waals surface area contributed by atoms with E-state index >= 15 is 0 Å². The van der Waals surface area contributed by atoms with Gasteiger partial charge in [-0.25, -0.2) is 14.4 Å². The standard InChI is InChI=1S/C29H23FN4O2S/c1-15-27-21(13-36-15)20-9-17(5-7-23(20)33-28(27)31)29(35)34-12-18-3-2-4-22(30)19(18)11-25(34)16-6-8-26-24(10-16)32-14-37-26/h2-10,14-15,25H,11-13H2,1H3,(H2,31,33).